The molecule has 1 rings (SSSR count). The van der Waals surface area contributed by atoms with Crippen LogP contribution >= 0.6 is 0 Å². The first kappa shape index (κ1) is 58.2. The van der Waals surface area contributed by atoms with Gasteiger partial charge in [0.1, 0.15) is 24.2 Å². The molecule has 0 heterocycles. The zero-order valence-electron chi connectivity index (χ0n) is 41.6. The fourth-order valence-electron chi connectivity index (χ4n) is 7.80. The highest BCUT2D eigenvalue weighted by Gasteiger charge is 2.15. The van der Waals surface area contributed by atoms with E-state index in [0.717, 1.165) is 146 Å². The fourth-order valence-corrected chi connectivity index (χ4v) is 7.80. The average molecular weight is 888 g/mol. The number of carbonyl (C=O) groups excluding carboxylic acids is 3. The van der Waals surface area contributed by atoms with Gasteiger partial charge >= 0.3 is 17.9 Å². The van der Waals surface area contributed by atoms with Crippen LogP contribution in [0.3, 0.4) is 0 Å². The van der Waals surface area contributed by atoms with Crippen molar-refractivity contribution in [3.63, 3.8) is 0 Å². The summed E-state index contributed by atoms with van der Waals surface area (Å²) in [4.78, 5) is 39.3. The molecule has 0 radical (unpaired) electrons. The topological polar surface area (TPSA) is 101 Å². The Morgan fingerprint density at radius 1 is 0.476 bits per heavy atom. The molecule has 0 amide bonds. The number of nitrogens with zero attached hydrogens (tertiary/aromatic N) is 1. The maximum absolute atomic E-state index is 12.7. The van der Waals surface area contributed by atoms with E-state index in [0.29, 0.717) is 39.1 Å². The molecular weight excluding hydrogens is 791 g/mol. The minimum Gasteiger partial charge on any atom is -0.494 e. The van der Waals surface area contributed by atoms with Gasteiger partial charge in [0.15, 0.2) is 0 Å². The summed E-state index contributed by atoms with van der Waals surface area (Å²) in [5.41, 5.74) is 0.820. The average Bonchev–Trinajstić information content (AvgIpc) is 3.26. The predicted molar refractivity (Wildman–Crippen MR) is 261 cm³/mol. The van der Waals surface area contributed by atoms with Gasteiger partial charge in [0.2, 0.25) is 0 Å². The Bertz CT molecular complexity index is 1210. The highest BCUT2D eigenvalue weighted by atomic mass is 16.5. The summed E-state index contributed by atoms with van der Waals surface area (Å²) in [5, 5.41) is 0. The van der Waals surface area contributed by atoms with Crippen LogP contribution in [0.4, 0.5) is 0 Å². The number of carbonyl (C=O) groups is 3. The lowest BCUT2D eigenvalue weighted by Crippen LogP contribution is -2.18. The van der Waals surface area contributed by atoms with E-state index in [1.165, 1.54) is 77.0 Å². The van der Waals surface area contributed by atoms with Crippen LogP contribution in [-0.2, 0) is 35.2 Å². The molecule has 0 N–H and O–H groups in total. The number of ether oxygens (including phenoxy) is 5. The van der Waals surface area contributed by atoms with E-state index in [1.54, 1.807) is 0 Å². The highest BCUT2D eigenvalue weighted by molar-refractivity contribution is 5.70. The van der Waals surface area contributed by atoms with Gasteiger partial charge in [-0.05, 0) is 103 Å². The van der Waals surface area contributed by atoms with Crippen LogP contribution in [0.2, 0.25) is 0 Å². The molecule has 0 bridgehead atoms. The first-order valence-corrected chi connectivity index (χ1v) is 26.3. The summed E-state index contributed by atoms with van der Waals surface area (Å²) in [7, 11) is 4.00. The van der Waals surface area contributed by atoms with Gasteiger partial charge in [0.05, 0.1) is 19.8 Å². The Morgan fingerprint density at radius 3 is 1.48 bits per heavy atom. The van der Waals surface area contributed by atoms with Crippen LogP contribution in [0.15, 0.2) is 18.2 Å². The molecule has 0 unspecified atom stereocenters. The smallest absolute Gasteiger partial charge is 0.306 e. The van der Waals surface area contributed by atoms with Crippen LogP contribution in [0.25, 0.3) is 0 Å². The van der Waals surface area contributed by atoms with Crippen molar-refractivity contribution in [1.82, 2.24) is 4.90 Å². The van der Waals surface area contributed by atoms with Crippen LogP contribution < -0.4 is 9.47 Å². The second-order valence-electron chi connectivity index (χ2n) is 18.3. The lowest BCUT2D eigenvalue weighted by molar-refractivity contribution is -0.150. The Labute approximate surface area is 387 Å². The molecule has 0 saturated carbocycles. The van der Waals surface area contributed by atoms with Gasteiger partial charge in [-0.15, -0.1) is 0 Å². The maximum Gasteiger partial charge on any atom is 0.306 e. The van der Waals surface area contributed by atoms with Gasteiger partial charge in [-0.2, -0.15) is 0 Å². The standard InChI is InChI=1S/C54H97NO8/c1-6-9-12-15-24-33-45-61-52(56)37-29-22-16-19-26-32-44-60-51-41-40-50(46-48(51)47-62-53(57)39-34-42-55(4)5)59-43-31-25-18-17-23-30-38-54(58)63-49(35-27-20-13-10-7-2)36-28-21-14-11-8-3/h40-41,46,49H,6-39,42-45,47H2,1-5H3. The molecule has 0 aliphatic carbocycles. The van der Waals surface area contributed by atoms with Crippen LogP contribution in [0.5, 0.6) is 11.5 Å². The minimum absolute atomic E-state index is 0.0115. The molecule has 0 aliphatic rings. The highest BCUT2D eigenvalue weighted by Crippen LogP contribution is 2.27. The predicted octanol–water partition coefficient (Wildman–Crippen LogP) is 14.8. The van der Waals surface area contributed by atoms with Crippen LogP contribution in [0, 0.1) is 0 Å². The van der Waals surface area contributed by atoms with Gasteiger partial charge in [0, 0.05) is 24.8 Å². The number of rotatable bonds is 46. The Hall–Kier alpha value is -2.81. The second-order valence-corrected chi connectivity index (χ2v) is 18.3. The fraction of sp³-hybridized carbons (Fsp3) is 0.833. The normalized spacial score (nSPS) is 11.3. The van der Waals surface area contributed by atoms with Crippen molar-refractivity contribution in [2.75, 3.05) is 40.5 Å². The van der Waals surface area contributed by atoms with E-state index in [9.17, 15) is 14.4 Å². The van der Waals surface area contributed by atoms with Crippen molar-refractivity contribution < 1.29 is 38.1 Å². The van der Waals surface area contributed by atoms with Crippen molar-refractivity contribution in [2.45, 2.75) is 252 Å². The Morgan fingerprint density at radius 2 is 0.921 bits per heavy atom. The summed E-state index contributed by atoms with van der Waals surface area (Å²) in [6.45, 7) is 9.48. The largest absolute Gasteiger partial charge is 0.494 e. The molecule has 0 fully saturated rings. The van der Waals surface area contributed by atoms with E-state index in [2.05, 4.69) is 25.7 Å². The molecule has 366 valence electrons. The number of esters is 3. The quantitative estimate of drug-likeness (QED) is 0.0360. The molecule has 0 atom stereocenters. The SMILES string of the molecule is CCCCCCCCOC(=O)CCCCCCCCOc1ccc(OCCCCCCCCC(=O)OC(CCCCCCC)CCCCCCC)cc1COC(=O)CCCN(C)C. The molecule has 1 aromatic carbocycles. The first-order valence-electron chi connectivity index (χ1n) is 26.3. The second kappa shape index (κ2) is 43.1. The zero-order valence-corrected chi connectivity index (χ0v) is 41.6. The van der Waals surface area contributed by atoms with Gasteiger partial charge in [-0.25, -0.2) is 0 Å². The van der Waals surface area contributed by atoms with Gasteiger partial charge in [-0.3, -0.25) is 14.4 Å². The molecule has 0 spiro atoms. The zero-order chi connectivity index (χ0) is 45.9. The van der Waals surface area contributed by atoms with Crippen molar-refractivity contribution in [3.05, 3.63) is 23.8 Å². The third kappa shape index (κ3) is 37.1. The van der Waals surface area contributed by atoms with Crippen molar-refractivity contribution in [1.29, 1.82) is 0 Å². The maximum atomic E-state index is 12.7. The van der Waals surface area contributed by atoms with Crippen molar-refractivity contribution >= 4 is 17.9 Å². The van der Waals surface area contributed by atoms with E-state index >= 15 is 0 Å². The molecule has 0 aliphatic heterocycles. The summed E-state index contributed by atoms with van der Waals surface area (Å²) in [5.74, 6) is 1.21. The lowest BCUT2D eigenvalue weighted by atomic mass is 10.0. The number of unbranched alkanes of at least 4 members (excludes halogenated alkanes) is 23. The van der Waals surface area contributed by atoms with Crippen LogP contribution in [0.1, 0.15) is 245 Å². The number of benzene rings is 1. The van der Waals surface area contributed by atoms with E-state index in [-0.39, 0.29) is 30.6 Å². The molecule has 9 heteroatoms. The first-order chi connectivity index (χ1) is 30.8. The summed E-state index contributed by atoms with van der Waals surface area (Å²) < 4.78 is 29.4. The third-order valence-corrected chi connectivity index (χ3v) is 11.8. The summed E-state index contributed by atoms with van der Waals surface area (Å²) in [6, 6.07) is 5.83. The van der Waals surface area contributed by atoms with Gasteiger partial charge in [-0.1, -0.05) is 156 Å². The third-order valence-electron chi connectivity index (χ3n) is 11.8. The van der Waals surface area contributed by atoms with E-state index in [1.807, 2.05) is 32.3 Å². The molecular formula is C54H97NO8. The molecule has 0 aromatic heterocycles. The Balaban J connectivity index is 2.38. The number of hydrogen-bond acceptors (Lipinski definition) is 9. The molecule has 0 saturated heterocycles. The monoisotopic (exact) mass is 888 g/mol. The minimum atomic E-state index is -0.206. The van der Waals surface area contributed by atoms with E-state index in [4.69, 9.17) is 23.7 Å². The van der Waals surface area contributed by atoms with Gasteiger partial charge in [0.25, 0.3) is 0 Å². The lowest BCUT2D eigenvalue weighted by Gasteiger charge is -2.18. The summed E-state index contributed by atoms with van der Waals surface area (Å²) >= 11 is 0. The Kier molecular flexibility index (Phi) is 39.8. The molecule has 1 aromatic rings. The summed E-state index contributed by atoms with van der Waals surface area (Å²) in [6.07, 6.45) is 36.3. The van der Waals surface area contributed by atoms with Crippen molar-refractivity contribution in [3.8, 4) is 11.5 Å². The van der Waals surface area contributed by atoms with Crippen molar-refractivity contribution in [2.24, 2.45) is 0 Å². The number of hydrogen-bond donors (Lipinski definition) is 0. The molecule has 9 nitrogen and oxygen atoms in total. The van der Waals surface area contributed by atoms with E-state index < -0.39 is 0 Å². The van der Waals surface area contributed by atoms with Gasteiger partial charge < -0.3 is 28.6 Å². The van der Waals surface area contributed by atoms with Crippen LogP contribution in [-0.4, -0.2) is 69.4 Å². The molecule has 63 heavy (non-hydrogen) atoms.